The Labute approximate surface area is 60.2 Å². The van der Waals surface area contributed by atoms with Crippen LogP contribution in [0.4, 0.5) is 4.39 Å². The Kier molecular flexibility index (Phi) is 1.02. The van der Waals surface area contributed by atoms with Crippen LogP contribution in [-0.2, 0) is 0 Å². The van der Waals surface area contributed by atoms with Gasteiger partial charge in [0.15, 0.2) is 0 Å². The monoisotopic (exact) mass is 144 g/mol. The lowest BCUT2D eigenvalue weighted by molar-refractivity contribution is 0.0730. The molecular weight excluding hydrogens is 131 g/mol. The first-order chi connectivity index (χ1) is 4.55. The summed E-state index contributed by atoms with van der Waals surface area (Å²) in [4.78, 5) is 0. The lowest BCUT2D eigenvalue weighted by Crippen LogP contribution is -2.28. The second-order valence-electron chi connectivity index (χ2n) is 3.97. The summed E-state index contributed by atoms with van der Waals surface area (Å²) in [6.45, 7) is 3.55. The number of aliphatic hydroxyl groups excluding tert-OH is 1. The molecule has 0 spiro atoms. The highest BCUT2D eigenvalue weighted by Crippen LogP contribution is 2.61. The van der Waals surface area contributed by atoms with E-state index >= 15 is 0 Å². The molecule has 0 aliphatic heterocycles. The smallest absolute Gasteiger partial charge is 0.116 e. The van der Waals surface area contributed by atoms with Crippen LogP contribution in [0.2, 0.25) is 0 Å². The predicted molar refractivity (Wildman–Crippen MR) is 36.3 cm³/mol. The van der Waals surface area contributed by atoms with Crippen molar-refractivity contribution in [3.8, 4) is 0 Å². The molecule has 2 rings (SSSR count). The molecule has 2 heteroatoms. The van der Waals surface area contributed by atoms with Crippen LogP contribution in [0.1, 0.15) is 20.3 Å². The highest BCUT2D eigenvalue weighted by molar-refractivity contribution is 5.15. The fourth-order valence-electron chi connectivity index (χ4n) is 2.36. The van der Waals surface area contributed by atoms with Crippen LogP contribution in [0, 0.1) is 17.8 Å². The molecule has 0 radical (unpaired) electrons. The topological polar surface area (TPSA) is 20.2 Å². The first-order valence-electron chi connectivity index (χ1n) is 3.92. The summed E-state index contributed by atoms with van der Waals surface area (Å²) in [6, 6.07) is 0. The lowest BCUT2D eigenvalue weighted by Gasteiger charge is -2.22. The third-order valence-electron chi connectivity index (χ3n) is 3.37. The van der Waals surface area contributed by atoms with Gasteiger partial charge in [-0.15, -0.1) is 0 Å². The Morgan fingerprint density at radius 1 is 1.60 bits per heavy atom. The van der Waals surface area contributed by atoms with Gasteiger partial charge in [0.2, 0.25) is 0 Å². The number of hydrogen-bond acceptors (Lipinski definition) is 1. The van der Waals surface area contributed by atoms with Crippen molar-refractivity contribution < 1.29 is 9.50 Å². The number of rotatable bonds is 0. The van der Waals surface area contributed by atoms with E-state index < -0.39 is 5.67 Å². The molecule has 58 valence electrons. The van der Waals surface area contributed by atoms with Gasteiger partial charge in [0.05, 0.1) is 6.10 Å². The van der Waals surface area contributed by atoms with Crippen molar-refractivity contribution in [2.24, 2.45) is 17.8 Å². The Bertz CT molecular complexity index is 167. The molecule has 0 saturated heterocycles. The SMILES string of the molecule is C[C@@H]1C[C@H]2C([C@H]2O)[C@@]1(C)F. The van der Waals surface area contributed by atoms with Crippen molar-refractivity contribution in [1.82, 2.24) is 0 Å². The second kappa shape index (κ2) is 1.55. The molecule has 0 amide bonds. The van der Waals surface area contributed by atoms with E-state index in [9.17, 15) is 4.39 Å². The van der Waals surface area contributed by atoms with Gasteiger partial charge in [-0.2, -0.15) is 0 Å². The summed E-state index contributed by atoms with van der Waals surface area (Å²) < 4.78 is 13.5. The molecule has 0 aromatic heterocycles. The average Bonchev–Trinajstić information content (AvgIpc) is 2.34. The predicted octanol–water partition coefficient (Wildman–Crippen LogP) is 1.36. The molecule has 0 aromatic rings. The molecular formula is C8H13FO. The first kappa shape index (κ1) is 6.59. The Morgan fingerprint density at radius 2 is 2.20 bits per heavy atom. The van der Waals surface area contributed by atoms with E-state index in [0.29, 0.717) is 0 Å². The number of hydrogen-bond donors (Lipinski definition) is 1. The number of fused-ring (bicyclic) bond motifs is 1. The van der Waals surface area contributed by atoms with Gasteiger partial charge < -0.3 is 5.11 Å². The minimum atomic E-state index is -1.09. The largest absolute Gasteiger partial charge is 0.392 e. The van der Waals surface area contributed by atoms with Gasteiger partial charge in [-0.25, -0.2) is 4.39 Å². The lowest BCUT2D eigenvalue weighted by atomic mass is 9.91. The van der Waals surface area contributed by atoms with Crippen LogP contribution in [0.3, 0.4) is 0 Å². The van der Waals surface area contributed by atoms with E-state index in [2.05, 4.69) is 0 Å². The molecule has 5 atom stereocenters. The van der Waals surface area contributed by atoms with Gasteiger partial charge in [-0.3, -0.25) is 0 Å². The van der Waals surface area contributed by atoms with Crippen molar-refractivity contribution >= 4 is 0 Å². The summed E-state index contributed by atoms with van der Waals surface area (Å²) in [5.41, 5.74) is -1.09. The molecule has 1 N–H and O–H groups in total. The minimum absolute atomic E-state index is 0.0394. The molecule has 2 saturated carbocycles. The van der Waals surface area contributed by atoms with Gasteiger partial charge in [0.25, 0.3) is 0 Å². The summed E-state index contributed by atoms with van der Waals surface area (Å²) in [6.07, 6.45) is 0.546. The zero-order valence-corrected chi connectivity index (χ0v) is 6.34. The van der Waals surface area contributed by atoms with Gasteiger partial charge in [0.1, 0.15) is 5.67 Å². The van der Waals surface area contributed by atoms with E-state index in [1.165, 1.54) is 0 Å². The molecule has 0 heterocycles. The van der Waals surface area contributed by atoms with Crippen molar-refractivity contribution in [3.05, 3.63) is 0 Å². The van der Waals surface area contributed by atoms with Crippen molar-refractivity contribution in [3.63, 3.8) is 0 Å². The normalized spacial score (nSPS) is 66.0. The highest BCUT2D eigenvalue weighted by Gasteiger charge is 2.67. The number of alkyl halides is 1. The average molecular weight is 144 g/mol. The minimum Gasteiger partial charge on any atom is -0.392 e. The Hall–Kier alpha value is -0.110. The molecule has 10 heavy (non-hydrogen) atoms. The maximum absolute atomic E-state index is 13.5. The van der Waals surface area contributed by atoms with Crippen molar-refractivity contribution in [2.75, 3.05) is 0 Å². The third kappa shape index (κ3) is 0.559. The van der Waals surface area contributed by atoms with E-state index in [4.69, 9.17) is 5.11 Å². The van der Waals surface area contributed by atoms with Crippen LogP contribution in [0.15, 0.2) is 0 Å². The number of aliphatic hydroxyl groups is 1. The van der Waals surface area contributed by atoms with Crippen LogP contribution in [0.25, 0.3) is 0 Å². The fourth-order valence-corrected chi connectivity index (χ4v) is 2.36. The Balaban J connectivity index is 2.19. The van der Waals surface area contributed by atoms with Crippen molar-refractivity contribution in [1.29, 1.82) is 0 Å². The van der Waals surface area contributed by atoms with E-state index in [1.807, 2.05) is 6.92 Å². The third-order valence-corrected chi connectivity index (χ3v) is 3.37. The van der Waals surface area contributed by atoms with Crippen molar-refractivity contribution in [2.45, 2.75) is 32.0 Å². The van der Waals surface area contributed by atoms with Gasteiger partial charge in [-0.1, -0.05) is 6.92 Å². The van der Waals surface area contributed by atoms with Crippen LogP contribution >= 0.6 is 0 Å². The first-order valence-corrected chi connectivity index (χ1v) is 3.92. The van der Waals surface area contributed by atoms with Crippen LogP contribution < -0.4 is 0 Å². The zero-order valence-electron chi connectivity index (χ0n) is 6.34. The standard InChI is InChI=1S/C8H13FO/c1-4-3-5-6(7(5)10)8(4,2)9/h4-7,10H,3H2,1-2H3/t4-,5+,6?,7+,8+/m1/s1. The van der Waals surface area contributed by atoms with Crippen LogP contribution in [-0.4, -0.2) is 16.9 Å². The molecule has 0 aromatic carbocycles. The van der Waals surface area contributed by atoms with E-state index in [1.54, 1.807) is 6.92 Å². The summed E-state index contributed by atoms with van der Waals surface area (Å²) in [7, 11) is 0. The quantitative estimate of drug-likeness (QED) is 0.544. The second-order valence-corrected chi connectivity index (χ2v) is 3.97. The maximum atomic E-state index is 13.5. The maximum Gasteiger partial charge on any atom is 0.116 e. The number of halogens is 1. The summed E-state index contributed by atoms with van der Waals surface area (Å²) >= 11 is 0. The van der Waals surface area contributed by atoms with Gasteiger partial charge >= 0.3 is 0 Å². The molecule has 0 bridgehead atoms. The molecule has 2 aliphatic carbocycles. The van der Waals surface area contributed by atoms with Gasteiger partial charge in [0, 0.05) is 5.92 Å². The zero-order chi connectivity index (χ0) is 7.52. The van der Waals surface area contributed by atoms with E-state index in [-0.39, 0.29) is 23.9 Å². The molecule has 1 nitrogen and oxygen atoms in total. The van der Waals surface area contributed by atoms with Crippen LogP contribution in [0.5, 0.6) is 0 Å². The molecule has 2 fully saturated rings. The summed E-state index contributed by atoms with van der Waals surface area (Å²) in [5, 5.41) is 9.16. The summed E-state index contributed by atoms with van der Waals surface area (Å²) in [5.74, 6) is 0.387. The Morgan fingerprint density at radius 3 is 2.50 bits per heavy atom. The fraction of sp³-hybridized carbons (Fsp3) is 1.00. The van der Waals surface area contributed by atoms with E-state index in [0.717, 1.165) is 6.42 Å². The molecule has 2 aliphatic rings. The van der Waals surface area contributed by atoms with Gasteiger partial charge in [-0.05, 0) is 25.2 Å². The molecule has 1 unspecified atom stereocenters. The highest BCUT2D eigenvalue weighted by atomic mass is 19.1.